The van der Waals surface area contributed by atoms with E-state index in [0.29, 0.717) is 0 Å². The number of urea groups is 1. The van der Waals surface area contributed by atoms with Gasteiger partial charge in [0.05, 0.1) is 0 Å². The number of esters is 1. The van der Waals surface area contributed by atoms with Crippen molar-refractivity contribution in [1.82, 2.24) is 10.6 Å². The van der Waals surface area contributed by atoms with Gasteiger partial charge in [0.25, 0.3) is 11.8 Å². The minimum atomic E-state index is -0.932. The molecule has 3 atom stereocenters. The third-order valence-corrected chi connectivity index (χ3v) is 4.91. The van der Waals surface area contributed by atoms with Crippen LogP contribution in [0.3, 0.4) is 0 Å². The Kier molecular flexibility index (Phi) is 5.43. The second kappa shape index (κ2) is 7.77. The van der Waals surface area contributed by atoms with Crippen LogP contribution in [0.15, 0.2) is 24.3 Å². The van der Waals surface area contributed by atoms with Crippen LogP contribution in [0.5, 0.6) is 0 Å². The molecule has 144 valence electrons. The van der Waals surface area contributed by atoms with Crippen LogP contribution in [0.1, 0.15) is 38.7 Å². The number of para-hydroxylation sites is 1. The predicted octanol–water partition coefficient (Wildman–Crippen LogP) is 1.27. The molecule has 1 aromatic carbocycles. The lowest BCUT2D eigenvalue weighted by Gasteiger charge is -2.36. The molecule has 0 spiro atoms. The van der Waals surface area contributed by atoms with Gasteiger partial charge in [-0.1, -0.05) is 18.2 Å². The van der Waals surface area contributed by atoms with E-state index >= 15 is 0 Å². The van der Waals surface area contributed by atoms with E-state index in [-0.39, 0.29) is 24.8 Å². The fraction of sp³-hybridized carbons (Fsp3) is 0.474. The molecule has 1 aromatic rings. The van der Waals surface area contributed by atoms with E-state index < -0.39 is 30.1 Å². The summed E-state index contributed by atoms with van der Waals surface area (Å²) in [4.78, 5) is 49.2. The number of nitrogens with zero attached hydrogens (tertiary/aromatic N) is 1. The largest absolute Gasteiger partial charge is 0.453 e. The van der Waals surface area contributed by atoms with E-state index in [1.807, 2.05) is 31.2 Å². The van der Waals surface area contributed by atoms with Crippen molar-refractivity contribution in [3.05, 3.63) is 29.8 Å². The van der Waals surface area contributed by atoms with Crippen molar-refractivity contribution in [3.8, 4) is 0 Å². The lowest BCUT2D eigenvalue weighted by atomic mass is 9.96. The van der Waals surface area contributed by atoms with Crippen LogP contribution < -0.4 is 15.5 Å². The molecule has 27 heavy (non-hydrogen) atoms. The quantitative estimate of drug-likeness (QED) is 0.597. The SMILES string of the molecule is CC(OC(=O)CCC1NC(=O)NC1=O)C(=O)N1c2ccccc2CCC1C. The summed E-state index contributed by atoms with van der Waals surface area (Å²) in [6, 6.07) is 6.43. The number of benzene rings is 1. The topological polar surface area (TPSA) is 105 Å². The van der Waals surface area contributed by atoms with Gasteiger partial charge in [-0.15, -0.1) is 0 Å². The van der Waals surface area contributed by atoms with Gasteiger partial charge in [-0.2, -0.15) is 0 Å². The minimum absolute atomic E-state index is 0.0194. The molecule has 2 aliphatic heterocycles. The van der Waals surface area contributed by atoms with Crippen LogP contribution in [-0.2, 0) is 25.5 Å². The maximum atomic E-state index is 12.9. The number of hydrogen-bond donors (Lipinski definition) is 2. The molecule has 0 aromatic heterocycles. The highest BCUT2D eigenvalue weighted by molar-refractivity contribution is 6.04. The summed E-state index contributed by atoms with van der Waals surface area (Å²) in [7, 11) is 0. The summed E-state index contributed by atoms with van der Waals surface area (Å²) in [5.41, 5.74) is 1.96. The van der Waals surface area contributed by atoms with Gasteiger partial charge < -0.3 is 15.0 Å². The molecule has 1 saturated heterocycles. The Balaban J connectivity index is 1.58. The Morgan fingerprint density at radius 3 is 2.74 bits per heavy atom. The van der Waals surface area contributed by atoms with Crippen LogP contribution >= 0.6 is 0 Å². The predicted molar refractivity (Wildman–Crippen MR) is 97.0 cm³/mol. The first-order valence-electron chi connectivity index (χ1n) is 9.08. The molecule has 0 bridgehead atoms. The van der Waals surface area contributed by atoms with Crippen LogP contribution in [0, 0.1) is 0 Å². The summed E-state index contributed by atoms with van der Waals surface area (Å²) >= 11 is 0. The number of ether oxygens (including phenoxy) is 1. The molecule has 8 nitrogen and oxygen atoms in total. The number of nitrogens with one attached hydrogen (secondary N) is 2. The molecule has 1 fully saturated rings. The van der Waals surface area contributed by atoms with Gasteiger partial charge in [-0.05, 0) is 44.7 Å². The molecule has 0 saturated carbocycles. The maximum Gasteiger partial charge on any atom is 0.322 e. The zero-order chi connectivity index (χ0) is 19.6. The average Bonchev–Trinajstić information content (AvgIpc) is 2.96. The Labute approximate surface area is 157 Å². The van der Waals surface area contributed by atoms with Crippen molar-refractivity contribution in [1.29, 1.82) is 0 Å². The number of carbonyl (C=O) groups is 4. The Hall–Kier alpha value is -2.90. The van der Waals surface area contributed by atoms with Crippen LogP contribution in [0.4, 0.5) is 10.5 Å². The monoisotopic (exact) mass is 373 g/mol. The Morgan fingerprint density at radius 1 is 1.30 bits per heavy atom. The van der Waals surface area contributed by atoms with Crippen LogP contribution in [-0.4, -0.2) is 42.0 Å². The van der Waals surface area contributed by atoms with Gasteiger partial charge >= 0.3 is 12.0 Å². The normalized spacial score (nSPS) is 22.5. The number of amides is 4. The summed E-state index contributed by atoms with van der Waals surface area (Å²) in [6.07, 6.45) is 0.880. The van der Waals surface area contributed by atoms with Crippen molar-refractivity contribution in [2.45, 2.75) is 57.7 Å². The Bertz CT molecular complexity index is 778. The maximum absolute atomic E-state index is 12.9. The molecule has 3 unspecified atom stereocenters. The third-order valence-electron chi connectivity index (χ3n) is 4.91. The fourth-order valence-corrected chi connectivity index (χ4v) is 3.45. The highest BCUT2D eigenvalue weighted by Gasteiger charge is 2.33. The van der Waals surface area contributed by atoms with Crippen molar-refractivity contribution in [3.63, 3.8) is 0 Å². The van der Waals surface area contributed by atoms with E-state index in [1.165, 1.54) is 0 Å². The zero-order valence-electron chi connectivity index (χ0n) is 15.4. The smallest absolute Gasteiger partial charge is 0.322 e. The van der Waals surface area contributed by atoms with E-state index in [4.69, 9.17) is 4.74 Å². The molecule has 0 radical (unpaired) electrons. The first-order valence-corrected chi connectivity index (χ1v) is 9.08. The Morgan fingerprint density at radius 2 is 2.04 bits per heavy atom. The number of hydrogen-bond acceptors (Lipinski definition) is 5. The molecule has 3 rings (SSSR count). The molecule has 8 heteroatoms. The van der Waals surface area contributed by atoms with Gasteiger partial charge in [0.2, 0.25) is 0 Å². The van der Waals surface area contributed by atoms with E-state index in [9.17, 15) is 19.2 Å². The number of anilines is 1. The molecule has 2 aliphatic rings. The van der Waals surface area contributed by atoms with Crippen LogP contribution in [0.25, 0.3) is 0 Å². The van der Waals surface area contributed by atoms with Crippen molar-refractivity contribution < 1.29 is 23.9 Å². The number of rotatable bonds is 5. The fourth-order valence-electron chi connectivity index (χ4n) is 3.45. The molecular weight excluding hydrogens is 350 g/mol. The van der Waals surface area contributed by atoms with Crippen LogP contribution in [0.2, 0.25) is 0 Å². The van der Waals surface area contributed by atoms with Gasteiger partial charge in [-0.25, -0.2) is 4.79 Å². The second-order valence-electron chi connectivity index (χ2n) is 6.91. The van der Waals surface area contributed by atoms with Gasteiger partial charge in [-0.3, -0.25) is 19.7 Å². The van der Waals surface area contributed by atoms with Crippen molar-refractivity contribution in [2.75, 3.05) is 4.90 Å². The van der Waals surface area contributed by atoms with E-state index in [1.54, 1.807) is 11.8 Å². The lowest BCUT2D eigenvalue weighted by Crippen LogP contribution is -2.47. The molecular formula is C19H23N3O5. The van der Waals surface area contributed by atoms with Gasteiger partial charge in [0, 0.05) is 18.2 Å². The lowest BCUT2D eigenvalue weighted by molar-refractivity contribution is -0.154. The van der Waals surface area contributed by atoms with Crippen molar-refractivity contribution >= 4 is 29.5 Å². The van der Waals surface area contributed by atoms with E-state index in [2.05, 4.69) is 10.6 Å². The summed E-state index contributed by atoms with van der Waals surface area (Å²) in [5, 5.41) is 4.53. The van der Waals surface area contributed by atoms with E-state index in [0.717, 1.165) is 24.1 Å². The number of aryl methyl sites for hydroxylation is 1. The molecule has 2 N–H and O–H groups in total. The highest BCUT2D eigenvalue weighted by atomic mass is 16.5. The minimum Gasteiger partial charge on any atom is -0.453 e. The second-order valence-corrected chi connectivity index (χ2v) is 6.91. The van der Waals surface area contributed by atoms with Gasteiger partial charge in [0.15, 0.2) is 6.10 Å². The molecule has 0 aliphatic carbocycles. The number of imide groups is 1. The first-order chi connectivity index (χ1) is 12.9. The molecule has 4 amide bonds. The third kappa shape index (κ3) is 4.10. The standard InChI is InChI=1S/C19H23N3O5/c1-11-7-8-13-5-3-4-6-15(13)22(11)18(25)12(2)27-16(23)10-9-14-17(24)21-19(26)20-14/h3-6,11-12,14H,7-10H2,1-2H3,(H2,20,21,24,26). The first kappa shape index (κ1) is 18.9. The summed E-state index contributed by atoms with van der Waals surface area (Å²) in [6.45, 7) is 3.53. The van der Waals surface area contributed by atoms with Gasteiger partial charge in [0.1, 0.15) is 6.04 Å². The number of carbonyl (C=O) groups excluding carboxylic acids is 4. The average molecular weight is 373 g/mol. The van der Waals surface area contributed by atoms with Crippen molar-refractivity contribution in [2.24, 2.45) is 0 Å². The summed E-state index contributed by atoms with van der Waals surface area (Å²) < 4.78 is 5.28. The number of fused-ring (bicyclic) bond motifs is 1. The summed E-state index contributed by atoms with van der Waals surface area (Å²) in [5.74, 6) is -1.31. The zero-order valence-corrected chi connectivity index (χ0v) is 15.4. The highest BCUT2D eigenvalue weighted by Crippen LogP contribution is 2.31. The molecule has 2 heterocycles.